The summed E-state index contributed by atoms with van der Waals surface area (Å²) in [5.74, 6) is 0. The Labute approximate surface area is 202 Å². The minimum Gasteiger partial charge on any atom is -0.376 e. The van der Waals surface area contributed by atoms with Crippen molar-refractivity contribution in [2.45, 2.75) is 36.2 Å². The first-order valence-electron chi connectivity index (χ1n) is 10.4. The quantitative estimate of drug-likeness (QED) is 0.393. The summed E-state index contributed by atoms with van der Waals surface area (Å²) in [6, 6.07) is 7.64. The third-order valence-corrected chi connectivity index (χ3v) is 6.20. The molecule has 15 heteroatoms. The van der Waals surface area contributed by atoms with Gasteiger partial charge in [-0.3, -0.25) is 4.84 Å². The first-order valence-corrected chi connectivity index (χ1v) is 11.9. The predicted octanol–water partition coefficient (Wildman–Crippen LogP) is 4.50. The highest BCUT2D eigenvalue weighted by atomic mass is 32.2. The molecular weight excluding hydrogens is 520 g/mol. The number of alkyl halides is 6. The van der Waals surface area contributed by atoms with Gasteiger partial charge < -0.3 is 4.74 Å². The number of sulfonamides is 1. The molecular formula is C21H21F6N3O5S. The molecule has 2 amide bonds. The van der Waals surface area contributed by atoms with Crippen LogP contribution in [-0.2, 0) is 25.8 Å². The van der Waals surface area contributed by atoms with Gasteiger partial charge in [-0.25, -0.2) is 18.2 Å². The summed E-state index contributed by atoms with van der Waals surface area (Å²) in [5, 5.41) is -0.117. The van der Waals surface area contributed by atoms with Gasteiger partial charge in [0.25, 0.3) is 10.0 Å². The molecule has 198 valence electrons. The Kier molecular flexibility index (Phi) is 8.48. The molecule has 0 saturated carbocycles. The lowest BCUT2D eigenvalue weighted by Crippen LogP contribution is -2.55. The van der Waals surface area contributed by atoms with E-state index in [0.717, 1.165) is 24.3 Å². The van der Waals surface area contributed by atoms with Crippen molar-refractivity contribution in [3.8, 4) is 0 Å². The van der Waals surface area contributed by atoms with Crippen LogP contribution >= 0.6 is 0 Å². The third kappa shape index (κ3) is 7.56. The Morgan fingerprint density at radius 3 is 2.33 bits per heavy atom. The average Bonchev–Trinajstić information content (AvgIpc) is 3.31. The number of carbonyl (C=O) groups is 1. The first kappa shape index (κ1) is 27.7. The number of hydrogen-bond acceptors (Lipinski definition) is 5. The number of nitrogens with zero attached hydrogens (tertiary/aromatic N) is 2. The van der Waals surface area contributed by atoms with Crippen molar-refractivity contribution in [3.05, 3.63) is 60.2 Å². The number of benzene rings is 2. The van der Waals surface area contributed by atoms with E-state index in [1.807, 2.05) is 0 Å². The maximum absolute atomic E-state index is 13.3. The Bertz CT molecular complexity index is 1140. The van der Waals surface area contributed by atoms with E-state index in [4.69, 9.17) is 9.57 Å². The SMILES string of the molecule is O=C(N(CC(F)(F)F)NS(=O)(=O)c1ccccc1)N(OCC1CCCO1)c1cccc(C(F)(F)F)c1. The van der Waals surface area contributed by atoms with E-state index in [1.54, 1.807) is 4.83 Å². The zero-order chi connectivity index (χ0) is 26.6. The van der Waals surface area contributed by atoms with Crippen LogP contribution in [0.1, 0.15) is 18.4 Å². The van der Waals surface area contributed by atoms with Gasteiger partial charge in [-0.05, 0) is 43.2 Å². The summed E-state index contributed by atoms with van der Waals surface area (Å²) < 4.78 is 110. The van der Waals surface area contributed by atoms with Crippen LogP contribution in [0.25, 0.3) is 0 Å². The van der Waals surface area contributed by atoms with Crippen molar-refractivity contribution in [1.29, 1.82) is 0 Å². The molecule has 0 radical (unpaired) electrons. The smallest absolute Gasteiger partial charge is 0.376 e. The van der Waals surface area contributed by atoms with Gasteiger partial charge in [-0.2, -0.15) is 31.4 Å². The van der Waals surface area contributed by atoms with Crippen LogP contribution in [0, 0.1) is 0 Å². The second-order valence-corrected chi connectivity index (χ2v) is 9.33. The van der Waals surface area contributed by atoms with Gasteiger partial charge in [0.05, 0.1) is 22.3 Å². The zero-order valence-corrected chi connectivity index (χ0v) is 19.2. The number of hydrogen-bond donors (Lipinski definition) is 1. The van der Waals surface area contributed by atoms with Crippen LogP contribution in [0.5, 0.6) is 0 Å². The van der Waals surface area contributed by atoms with Gasteiger partial charge in [-0.15, -0.1) is 4.83 Å². The fourth-order valence-electron chi connectivity index (χ4n) is 3.21. The van der Waals surface area contributed by atoms with E-state index in [-0.39, 0.29) is 16.7 Å². The highest BCUT2D eigenvalue weighted by Crippen LogP contribution is 2.32. The van der Waals surface area contributed by atoms with Gasteiger partial charge in [0.15, 0.2) is 0 Å². The maximum Gasteiger partial charge on any atom is 0.416 e. The second-order valence-electron chi connectivity index (χ2n) is 7.66. The number of nitrogens with one attached hydrogen (secondary N) is 1. The van der Waals surface area contributed by atoms with Gasteiger partial charge >= 0.3 is 18.4 Å². The highest BCUT2D eigenvalue weighted by molar-refractivity contribution is 7.89. The molecule has 3 rings (SSSR count). The normalized spacial score (nSPS) is 16.7. The zero-order valence-electron chi connectivity index (χ0n) is 18.4. The minimum absolute atomic E-state index is 0.177. The number of amides is 2. The molecule has 1 saturated heterocycles. The molecule has 1 atom stereocenters. The van der Waals surface area contributed by atoms with Gasteiger partial charge in [-0.1, -0.05) is 24.3 Å². The average molecular weight is 541 g/mol. The van der Waals surface area contributed by atoms with Crippen LogP contribution in [0.4, 0.5) is 36.8 Å². The van der Waals surface area contributed by atoms with Crippen molar-refractivity contribution >= 4 is 21.7 Å². The number of carbonyl (C=O) groups excluding carboxylic acids is 1. The predicted molar refractivity (Wildman–Crippen MR) is 114 cm³/mol. The van der Waals surface area contributed by atoms with E-state index in [2.05, 4.69) is 0 Å². The van der Waals surface area contributed by atoms with Crippen LogP contribution in [0.3, 0.4) is 0 Å². The molecule has 1 heterocycles. The van der Waals surface area contributed by atoms with E-state index in [0.29, 0.717) is 31.6 Å². The van der Waals surface area contributed by atoms with E-state index in [1.165, 1.54) is 18.2 Å². The van der Waals surface area contributed by atoms with Crippen LogP contribution in [0.15, 0.2) is 59.5 Å². The van der Waals surface area contributed by atoms with Crippen molar-refractivity contribution < 1.29 is 49.1 Å². The standard InChI is InChI=1S/C21H21F6N3O5S/c22-20(23,24)14-29(28-36(32,33)18-9-2-1-3-10-18)19(31)30(35-13-17-8-5-11-34-17)16-7-4-6-15(12-16)21(25,26)27/h1-4,6-7,9-10,12,17,28H,5,8,11,13-14H2. The summed E-state index contributed by atoms with van der Waals surface area (Å²) in [5.41, 5.74) is -1.77. The van der Waals surface area contributed by atoms with E-state index < -0.39 is 57.2 Å². The third-order valence-electron chi connectivity index (χ3n) is 4.85. The van der Waals surface area contributed by atoms with Crippen molar-refractivity contribution in [3.63, 3.8) is 0 Å². The number of hydrazine groups is 1. The van der Waals surface area contributed by atoms with E-state index >= 15 is 0 Å². The number of urea groups is 1. The lowest BCUT2D eigenvalue weighted by atomic mass is 10.2. The number of halogens is 6. The second kappa shape index (κ2) is 11.0. The number of anilines is 1. The summed E-state index contributed by atoms with van der Waals surface area (Å²) in [6.45, 7) is -2.12. The molecule has 2 aromatic rings. The Hall–Kier alpha value is -2.88. The minimum atomic E-state index is -5.08. The molecule has 1 aliphatic heterocycles. The summed E-state index contributed by atoms with van der Waals surface area (Å²) >= 11 is 0. The molecule has 0 aromatic heterocycles. The number of ether oxygens (including phenoxy) is 1. The number of rotatable bonds is 8. The van der Waals surface area contributed by atoms with Gasteiger partial charge in [0.2, 0.25) is 0 Å². The molecule has 1 unspecified atom stereocenters. The lowest BCUT2D eigenvalue weighted by molar-refractivity contribution is -0.143. The Morgan fingerprint density at radius 1 is 1.06 bits per heavy atom. The highest BCUT2D eigenvalue weighted by Gasteiger charge is 2.39. The lowest BCUT2D eigenvalue weighted by Gasteiger charge is -2.31. The number of hydroxylamine groups is 1. The summed E-state index contributed by atoms with van der Waals surface area (Å²) in [4.78, 5) is 19.6. The Morgan fingerprint density at radius 2 is 1.75 bits per heavy atom. The molecule has 0 aliphatic carbocycles. The summed E-state index contributed by atoms with van der Waals surface area (Å²) in [7, 11) is -4.69. The molecule has 0 bridgehead atoms. The first-order chi connectivity index (χ1) is 16.8. The topological polar surface area (TPSA) is 88.2 Å². The van der Waals surface area contributed by atoms with Crippen molar-refractivity contribution in [1.82, 2.24) is 9.84 Å². The van der Waals surface area contributed by atoms with Crippen LogP contribution in [0.2, 0.25) is 0 Å². The molecule has 1 aliphatic rings. The fraction of sp³-hybridized carbons (Fsp3) is 0.381. The molecule has 36 heavy (non-hydrogen) atoms. The molecule has 1 fully saturated rings. The fourth-order valence-corrected chi connectivity index (χ4v) is 4.26. The monoisotopic (exact) mass is 541 g/mol. The van der Waals surface area contributed by atoms with Gasteiger partial charge in [0, 0.05) is 6.61 Å². The molecule has 2 aromatic carbocycles. The van der Waals surface area contributed by atoms with Crippen molar-refractivity contribution in [2.24, 2.45) is 0 Å². The largest absolute Gasteiger partial charge is 0.416 e. The summed E-state index contributed by atoms with van der Waals surface area (Å²) in [6.07, 6.45) is -9.36. The maximum atomic E-state index is 13.3. The molecule has 8 nitrogen and oxygen atoms in total. The molecule has 1 N–H and O–H groups in total. The van der Waals surface area contributed by atoms with Crippen LogP contribution < -0.4 is 9.89 Å². The van der Waals surface area contributed by atoms with E-state index in [9.17, 15) is 39.6 Å². The van der Waals surface area contributed by atoms with Crippen LogP contribution in [-0.4, -0.2) is 51.5 Å². The molecule has 0 spiro atoms. The van der Waals surface area contributed by atoms with Gasteiger partial charge in [0.1, 0.15) is 13.2 Å². The Balaban J connectivity index is 1.97. The van der Waals surface area contributed by atoms with Crippen molar-refractivity contribution in [2.75, 3.05) is 24.8 Å².